The van der Waals surface area contributed by atoms with Gasteiger partial charge in [0.25, 0.3) is 0 Å². The van der Waals surface area contributed by atoms with Crippen LogP contribution in [0.2, 0.25) is 0 Å². The molecule has 4 heterocycles. The summed E-state index contributed by atoms with van der Waals surface area (Å²) in [5.41, 5.74) is 3.91. The number of aryl methyl sites for hydroxylation is 1. The minimum absolute atomic E-state index is 0.246. The summed E-state index contributed by atoms with van der Waals surface area (Å²) in [6, 6.07) is 9.22. The fraction of sp³-hybridized carbons (Fsp3) is 0.273. The molecule has 1 aliphatic carbocycles. The Balaban J connectivity index is 1.24. The topological polar surface area (TPSA) is 98.9 Å². The number of carbonyl (C=O) groups excluding carboxylic acids is 1. The Morgan fingerprint density at radius 3 is 2.97 bits per heavy atom. The van der Waals surface area contributed by atoms with Crippen LogP contribution >= 0.6 is 0 Å². The molecule has 0 atom stereocenters. The first-order valence-corrected chi connectivity index (χ1v) is 10.3. The van der Waals surface area contributed by atoms with Gasteiger partial charge in [-0.25, -0.2) is 14.8 Å². The Morgan fingerprint density at radius 2 is 2.10 bits per heavy atom. The molecular formula is C22H21N7O2. The van der Waals surface area contributed by atoms with Gasteiger partial charge in [-0.15, -0.1) is 0 Å². The maximum Gasteiger partial charge on any atom is 0.331 e. The Kier molecular flexibility index (Phi) is 4.03. The van der Waals surface area contributed by atoms with Gasteiger partial charge in [0.2, 0.25) is 5.88 Å². The predicted octanol–water partition coefficient (Wildman–Crippen LogP) is 3.52. The summed E-state index contributed by atoms with van der Waals surface area (Å²) in [5.74, 6) is 2.37. The summed E-state index contributed by atoms with van der Waals surface area (Å²) in [4.78, 5) is 21.4. The fourth-order valence-electron chi connectivity index (χ4n) is 4.10. The minimum atomic E-state index is -0.246. The number of nitrogens with one attached hydrogen (secondary N) is 2. The van der Waals surface area contributed by atoms with E-state index >= 15 is 0 Å². The molecule has 156 valence electrons. The van der Waals surface area contributed by atoms with Gasteiger partial charge in [0.05, 0.1) is 16.8 Å². The first-order valence-electron chi connectivity index (χ1n) is 10.3. The van der Waals surface area contributed by atoms with Gasteiger partial charge in [-0.1, -0.05) is 0 Å². The number of carbonyl (C=O) groups is 1. The van der Waals surface area contributed by atoms with Gasteiger partial charge in [0, 0.05) is 49.4 Å². The zero-order chi connectivity index (χ0) is 20.9. The van der Waals surface area contributed by atoms with Crippen molar-refractivity contribution in [3.63, 3.8) is 0 Å². The lowest BCUT2D eigenvalue weighted by Gasteiger charge is -2.09. The second-order valence-corrected chi connectivity index (χ2v) is 8.00. The molecule has 4 aromatic rings. The highest BCUT2D eigenvalue weighted by Gasteiger charge is 2.27. The summed E-state index contributed by atoms with van der Waals surface area (Å²) < 4.78 is 9.46. The zero-order valence-corrected chi connectivity index (χ0v) is 17.0. The number of amides is 1. The molecule has 0 radical (unpaired) electrons. The third-order valence-corrected chi connectivity index (χ3v) is 5.83. The highest BCUT2D eigenvalue weighted by atomic mass is 16.5. The predicted molar refractivity (Wildman–Crippen MR) is 114 cm³/mol. The molecule has 0 saturated heterocycles. The molecule has 1 aliphatic heterocycles. The highest BCUT2D eigenvalue weighted by molar-refractivity contribution is 5.98. The van der Waals surface area contributed by atoms with E-state index in [1.54, 1.807) is 10.8 Å². The van der Waals surface area contributed by atoms with Crippen LogP contribution in [0.5, 0.6) is 11.6 Å². The highest BCUT2D eigenvalue weighted by Crippen LogP contribution is 2.40. The number of ether oxygens (including phenoxy) is 1. The van der Waals surface area contributed by atoms with Crippen LogP contribution < -0.4 is 15.4 Å². The van der Waals surface area contributed by atoms with E-state index in [0.29, 0.717) is 29.9 Å². The molecule has 2 N–H and O–H groups in total. The van der Waals surface area contributed by atoms with Crippen LogP contribution in [0.3, 0.4) is 0 Å². The number of hydrogen-bond acceptors (Lipinski definition) is 6. The Labute approximate surface area is 178 Å². The molecule has 0 unspecified atom stereocenters. The van der Waals surface area contributed by atoms with Crippen molar-refractivity contribution in [2.24, 2.45) is 7.05 Å². The first kappa shape index (κ1) is 18.1. The van der Waals surface area contributed by atoms with E-state index in [4.69, 9.17) is 4.74 Å². The first-order chi connectivity index (χ1) is 15.2. The van der Waals surface area contributed by atoms with Crippen molar-refractivity contribution in [2.45, 2.75) is 31.8 Å². The second kappa shape index (κ2) is 6.92. The largest absolute Gasteiger partial charge is 0.439 e. The molecule has 1 fully saturated rings. The summed E-state index contributed by atoms with van der Waals surface area (Å²) in [6.07, 6.45) is 5.65. The molecule has 1 amide bonds. The number of aromatic nitrogens is 5. The quantitative estimate of drug-likeness (QED) is 0.529. The van der Waals surface area contributed by atoms with Gasteiger partial charge < -0.3 is 10.1 Å². The lowest BCUT2D eigenvalue weighted by atomic mass is 10.2. The molecule has 9 heteroatoms. The summed E-state index contributed by atoms with van der Waals surface area (Å²) in [6.45, 7) is 1.42. The molecule has 3 aromatic heterocycles. The monoisotopic (exact) mass is 415 g/mol. The smallest absolute Gasteiger partial charge is 0.331 e. The van der Waals surface area contributed by atoms with E-state index in [9.17, 15) is 4.79 Å². The van der Waals surface area contributed by atoms with Gasteiger partial charge in [0.1, 0.15) is 12.1 Å². The molecule has 31 heavy (non-hydrogen) atoms. The van der Waals surface area contributed by atoms with Crippen molar-refractivity contribution >= 4 is 22.8 Å². The number of fused-ring (bicyclic) bond motifs is 2. The van der Waals surface area contributed by atoms with Gasteiger partial charge >= 0.3 is 6.03 Å². The number of benzene rings is 1. The van der Waals surface area contributed by atoms with Crippen LogP contribution in [-0.2, 0) is 20.1 Å². The van der Waals surface area contributed by atoms with Crippen LogP contribution in [0.4, 0.5) is 10.6 Å². The van der Waals surface area contributed by atoms with E-state index < -0.39 is 0 Å². The van der Waals surface area contributed by atoms with Crippen LogP contribution in [0.1, 0.15) is 35.7 Å². The lowest BCUT2D eigenvalue weighted by molar-refractivity contribution is 0.254. The maximum atomic E-state index is 12.8. The van der Waals surface area contributed by atoms with Crippen molar-refractivity contribution in [3.8, 4) is 11.6 Å². The zero-order valence-electron chi connectivity index (χ0n) is 17.0. The molecule has 0 bridgehead atoms. The minimum Gasteiger partial charge on any atom is -0.439 e. The Hall–Kier alpha value is -3.72. The van der Waals surface area contributed by atoms with Crippen molar-refractivity contribution < 1.29 is 9.53 Å². The van der Waals surface area contributed by atoms with Gasteiger partial charge in [-0.05, 0) is 37.1 Å². The van der Waals surface area contributed by atoms with Crippen molar-refractivity contribution in [1.29, 1.82) is 0 Å². The summed E-state index contributed by atoms with van der Waals surface area (Å²) in [5, 5.41) is 11.5. The summed E-state index contributed by atoms with van der Waals surface area (Å²) in [7, 11) is 1.92. The second-order valence-electron chi connectivity index (χ2n) is 8.00. The fourth-order valence-corrected chi connectivity index (χ4v) is 4.10. The van der Waals surface area contributed by atoms with Crippen LogP contribution in [0, 0.1) is 0 Å². The average Bonchev–Trinajstić information content (AvgIpc) is 3.17. The van der Waals surface area contributed by atoms with Crippen LogP contribution in [0.25, 0.3) is 10.9 Å². The van der Waals surface area contributed by atoms with Crippen LogP contribution in [-0.4, -0.2) is 30.3 Å². The lowest BCUT2D eigenvalue weighted by Crippen LogP contribution is -2.18. The standard InChI is InChI=1S/C22H21N7O2/c1-28-19(13-2-3-13)9-20(27-28)26-22(30)29-7-6-14-8-15(4-5-18(14)29)31-21-16-10-23-11-17(16)24-12-25-21/h4-9,12-13,23H,2-3,10-11H2,1H3,(H,26,27,30). The molecule has 2 aliphatic rings. The Bertz CT molecular complexity index is 1320. The molecule has 6 rings (SSSR count). The van der Waals surface area contributed by atoms with E-state index in [2.05, 4.69) is 25.7 Å². The number of anilines is 1. The van der Waals surface area contributed by atoms with E-state index in [-0.39, 0.29) is 6.03 Å². The molecule has 1 saturated carbocycles. The molecule has 1 aromatic carbocycles. The molecule has 0 spiro atoms. The normalized spacial score (nSPS) is 15.3. The molecular weight excluding hydrogens is 394 g/mol. The van der Waals surface area contributed by atoms with E-state index in [0.717, 1.165) is 28.7 Å². The summed E-state index contributed by atoms with van der Waals surface area (Å²) >= 11 is 0. The van der Waals surface area contributed by atoms with Gasteiger partial charge in [-0.3, -0.25) is 14.6 Å². The number of hydrogen-bond donors (Lipinski definition) is 2. The Morgan fingerprint density at radius 1 is 1.19 bits per heavy atom. The van der Waals surface area contributed by atoms with Crippen molar-refractivity contribution in [3.05, 3.63) is 59.8 Å². The van der Waals surface area contributed by atoms with E-state index in [1.165, 1.54) is 24.9 Å². The maximum absolute atomic E-state index is 12.8. The van der Waals surface area contributed by atoms with Gasteiger partial charge in [0.15, 0.2) is 5.82 Å². The van der Waals surface area contributed by atoms with E-state index in [1.807, 2.05) is 42.1 Å². The van der Waals surface area contributed by atoms with Crippen molar-refractivity contribution in [1.82, 2.24) is 29.6 Å². The average molecular weight is 415 g/mol. The third-order valence-electron chi connectivity index (χ3n) is 5.83. The van der Waals surface area contributed by atoms with Crippen LogP contribution in [0.15, 0.2) is 42.9 Å². The number of nitrogens with zero attached hydrogens (tertiary/aromatic N) is 5. The number of rotatable bonds is 4. The SMILES string of the molecule is Cn1nc(NC(=O)n2ccc3cc(Oc4ncnc5c4CNC5)ccc32)cc1C1CC1. The van der Waals surface area contributed by atoms with Crippen molar-refractivity contribution in [2.75, 3.05) is 5.32 Å². The third kappa shape index (κ3) is 3.23. The molecule has 9 nitrogen and oxygen atoms in total. The van der Waals surface area contributed by atoms with Gasteiger partial charge in [-0.2, -0.15) is 5.10 Å².